The maximum atomic E-state index is 11.4. The summed E-state index contributed by atoms with van der Waals surface area (Å²) in [6.07, 6.45) is 1.59. The van der Waals surface area contributed by atoms with Crippen LogP contribution < -0.4 is 16.6 Å². The molecule has 1 saturated heterocycles. The maximum absolute atomic E-state index is 11.4. The van der Waals surface area contributed by atoms with E-state index in [0.717, 1.165) is 31.5 Å². The Balaban J connectivity index is 1.78. The van der Waals surface area contributed by atoms with Gasteiger partial charge in [0.15, 0.2) is 0 Å². The highest BCUT2D eigenvalue weighted by atomic mass is 16.2. The number of rotatable bonds is 2. The molecule has 5 heteroatoms. The summed E-state index contributed by atoms with van der Waals surface area (Å²) in [4.78, 5) is 24.5. The van der Waals surface area contributed by atoms with E-state index in [1.807, 2.05) is 0 Å². The van der Waals surface area contributed by atoms with E-state index in [0.29, 0.717) is 5.92 Å². The molecular formula is C10H13N3O2. The van der Waals surface area contributed by atoms with Crippen LogP contribution in [0.5, 0.6) is 0 Å². The molecule has 1 aliphatic heterocycles. The number of piperidine rings is 1. The van der Waals surface area contributed by atoms with Crippen molar-refractivity contribution < 1.29 is 0 Å². The molecule has 1 aromatic rings. The van der Waals surface area contributed by atoms with Gasteiger partial charge in [-0.05, 0) is 30.8 Å². The molecule has 0 amide bonds. The molecule has 15 heavy (non-hydrogen) atoms. The van der Waals surface area contributed by atoms with Gasteiger partial charge in [-0.15, -0.1) is 0 Å². The van der Waals surface area contributed by atoms with Crippen molar-refractivity contribution in [1.29, 1.82) is 0 Å². The average Bonchev–Trinajstić information content (AvgIpc) is 2.66. The molecule has 1 aromatic heterocycles. The average molecular weight is 207 g/mol. The van der Waals surface area contributed by atoms with Gasteiger partial charge in [-0.3, -0.25) is 9.78 Å². The largest absolute Gasteiger partial charge is 0.328 e. The number of aromatic nitrogens is 2. The van der Waals surface area contributed by atoms with Crippen LogP contribution in [0.3, 0.4) is 0 Å². The molecule has 2 aliphatic rings. The molecule has 2 fully saturated rings. The molecule has 0 spiro atoms. The van der Waals surface area contributed by atoms with Gasteiger partial charge in [0.1, 0.15) is 0 Å². The first kappa shape index (κ1) is 8.91. The lowest BCUT2D eigenvalue weighted by Crippen LogP contribution is -2.30. The highest BCUT2D eigenvalue weighted by Crippen LogP contribution is 2.49. The van der Waals surface area contributed by atoms with E-state index >= 15 is 0 Å². The Bertz CT molecular complexity index is 480. The Labute approximate surface area is 86.1 Å². The highest BCUT2D eigenvalue weighted by Gasteiger charge is 2.52. The molecule has 1 aliphatic carbocycles. The molecule has 80 valence electrons. The summed E-state index contributed by atoms with van der Waals surface area (Å²) in [6.45, 7) is 2.90. The fraction of sp³-hybridized carbons (Fsp3) is 0.600. The van der Waals surface area contributed by atoms with Crippen molar-refractivity contribution in [2.24, 2.45) is 17.8 Å². The van der Waals surface area contributed by atoms with Crippen LogP contribution >= 0.6 is 0 Å². The van der Waals surface area contributed by atoms with Crippen molar-refractivity contribution in [3.63, 3.8) is 0 Å². The van der Waals surface area contributed by atoms with Crippen LogP contribution in [0.15, 0.2) is 21.9 Å². The maximum Gasteiger partial charge on any atom is 0.328 e. The lowest BCUT2D eigenvalue weighted by molar-refractivity contribution is 0.500. The predicted octanol–water partition coefficient (Wildman–Crippen LogP) is -0.998. The zero-order valence-corrected chi connectivity index (χ0v) is 8.27. The summed E-state index contributed by atoms with van der Waals surface area (Å²) in [5.74, 6) is 2.10. The van der Waals surface area contributed by atoms with Gasteiger partial charge in [-0.2, -0.15) is 0 Å². The molecular weight excluding hydrogens is 194 g/mol. The molecule has 0 radical (unpaired) electrons. The van der Waals surface area contributed by atoms with Crippen molar-refractivity contribution in [1.82, 2.24) is 14.9 Å². The molecule has 3 atom stereocenters. The minimum atomic E-state index is -0.325. The van der Waals surface area contributed by atoms with E-state index < -0.39 is 0 Å². The van der Waals surface area contributed by atoms with Crippen molar-refractivity contribution >= 4 is 0 Å². The van der Waals surface area contributed by atoms with Crippen molar-refractivity contribution in [2.75, 3.05) is 13.1 Å². The van der Waals surface area contributed by atoms with Gasteiger partial charge in [0.25, 0.3) is 5.56 Å². The minimum Gasteiger partial charge on any atom is -0.316 e. The van der Waals surface area contributed by atoms with Gasteiger partial charge in [0.2, 0.25) is 0 Å². The molecule has 2 N–H and O–H groups in total. The molecule has 0 bridgehead atoms. The van der Waals surface area contributed by atoms with Crippen molar-refractivity contribution in [3.8, 4) is 0 Å². The Kier molecular flexibility index (Phi) is 1.82. The SMILES string of the molecule is O=c1ccn(CC2[C@H]3CNC[C@@H]23)c(=O)[nH]1. The van der Waals surface area contributed by atoms with Crippen LogP contribution in [-0.2, 0) is 6.54 Å². The summed E-state index contributed by atoms with van der Waals surface area (Å²) < 4.78 is 1.60. The molecule has 3 rings (SSSR count). The number of fused-ring (bicyclic) bond motifs is 1. The van der Waals surface area contributed by atoms with E-state index in [1.54, 1.807) is 10.8 Å². The van der Waals surface area contributed by atoms with E-state index in [9.17, 15) is 9.59 Å². The molecule has 2 heterocycles. The topological polar surface area (TPSA) is 66.9 Å². The second-order valence-electron chi connectivity index (χ2n) is 4.41. The third kappa shape index (κ3) is 1.43. The third-order valence-corrected chi connectivity index (χ3v) is 3.57. The van der Waals surface area contributed by atoms with Crippen molar-refractivity contribution in [3.05, 3.63) is 33.1 Å². The summed E-state index contributed by atoms with van der Waals surface area (Å²) in [7, 11) is 0. The predicted molar refractivity (Wildman–Crippen MR) is 54.7 cm³/mol. The zero-order chi connectivity index (χ0) is 10.4. The van der Waals surface area contributed by atoms with E-state index in [1.165, 1.54) is 6.07 Å². The Morgan fingerprint density at radius 3 is 2.73 bits per heavy atom. The summed E-state index contributed by atoms with van der Waals surface area (Å²) in [5.41, 5.74) is -0.616. The van der Waals surface area contributed by atoms with Crippen molar-refractivity contribution in [2.45, 2.75) is 6.54 Å². The minimum absolute atomic E-state index is 0.291. The van der Waals surface area contributed by atoms with Gasteiger partial charge in [-0.1, -0.05) is 0 Å². The number of hydrogen-bond donors (Lipinski definition) is 2. The second kappa shape index (κ2) is 3.06. The smallest absolute Gasteiger partial charge is 0.316 e. The molecule has 1 saturated carbocycles. The first-order chi connectivity index (χ1) is 7.25. The molecule has 5 nitrogen and oxygen atoms in total. The standard InChI is InChI=1S/C10H13N3O2/c14-9-1-2-13(10(15)12-9)5-8-6-3-11-4-7(6)8/h1-2,6-8,11H,3-5H2,(H,12,14,15)/t6-,7+,8?. The number of nitrogens with one attached hydrogen (secondary N) is 2. The summed E-state index contributed by atoms with van der Waals surface area (Å²) in [6, 6.07) is 1.40. The number of aromatic amines is 1. The van der Waals surface area contributed by atoms with E-state index in [-0.39, 0.29) is 11.2 Å². The quantitative estimate of drug-likeness (QED) is 0.654. The van der Waals surface area contributed by atoms with Crippen LogP contribution in [0.4, 0.5) is 0 Å². The fourth-order valence-corrected chi connectivity index (χ4v) is 2.63. The second-order valence-corrected chi connectivity index (χ2v) is 4.41. The number of H-pyrrole nitrogens is 1. The Morgan fingerprint density at radius 2 is 2.07 bits per heavy atom. The normalized spacial score (nSPS) is 32.7. The van der Waals surface area contributed by atoms with Gasteiger partial charge in [0.05, 0.1) is 0 Å². The van der Waals surface area contributed by atoms with E-state index in [2.05, 4.69) is 10.3 Å². The van der Waals surface area contributed by atoms with Crippen LogP contribution in [0.2, 0.25) is 0 Å². The zero-order valence-electron chi connectivity index (χ0n) is 8.27. The highest BCUT2D eigenvalue weighted by molar-refractivity contribution is 5.04. The lowest BCUT2D eigenvalue weighted by atomic mass is 10.3. The number of hydrogen-bond acceptors (Lipinski definition) is 3. The Morgan fingerprint density at radius 1 is 1.33 bits per heavy atom. The lowest BCUT2D eigenvalue weighted by Gasteiger charge is -2.06. The number of nitrogens with zero attached hydrogens (tertiary/aromatic N) is 1. The van der Waals surface area contributed by atoms with Gasteiger partial charge >= 0.3 is 5.69 Å². The van der Waals surface area contributed by atoms with Crippen LogP contribution in [0.25, 0.3) is 0 Å². The Hall–Kier alpha value is -1.36. The first-order valence-electron chi connectivity index (χ1n) is 5.26. The third-order valence-electron chi connectivity index (χ3n) is 3.57. The molecule has 1 unspecified atom stereocenters. The van der Waals surface area contributed by atoms with Gasteiger partial charge < -0.3 is 9.88 Å². The van der Waals surface area contributed by atoms with Gasteiger partial charge in [-0.25, -0.2) is 4.79 Å². The summed E-state index contributed by atoms with van der Waals surface area (Å²) in [5, 5.41) is 3.32. The first-order valence-corrected chi connectivity index (χ1v) is 5.26. The van der Waals surface area contributed by atoms with Crippen LogP contribution in [0, 0.1) is 17.8 Å². The fourth-order valence-electron chi connectivity index (χ4n) is 2.63. The summed E-state index contributed by atoms with van der Waals surface area (Å²) >= 11 is 0. The molecule has 0 aromatic carbocycles. The van der Waals surface area contributed by atoms with Gasteiger partial charge in [0, 0.05) is 18.8 Å². The van der Waals surface area contributed by atoms with Crippen LogP contribution in [-0.4, -0.2) is 22.6 Å². The van der Waals surface area contributed by atoms with Crippen LogP contribution in [0.1, 0.15) is 0 Å². The van der Waals surface area contributed by atoms with E-state index in [4.69, 9.17) is 0 Å². The monoisotopic (exact) mass is 207 g/mol.